The number of halogens is 1. The van der Waals surface area contributed by atoms with Crippen molar-refractivity contribution in [3.63, 3.8) is 0 Å². The van der Waals surface area contributed by atoms with Gasteiger partial charge in [0.2, 0.25) is 0 Å². The molecule has 1 aliphatic rings. The Labute approximate surface area is 144 Å². The number of nitrogens with two attached hydrogens (primary N) is 1. The number of rotatable bonds is 8. The van der Waals surface area contributed by atoms with Crippen LogP contribution in [0.2, 0.25) is 0 Å². The zero-order chi connectivity index (χ0) is 15.8. The zero-order valence-electron chi connectivity index (χ0n) is 13.5. The fourth-order valence-corrected chi connectivity index (χ4v) is 2.93. The van der Waals surface area contributed by atoms with E-state index in [9.17, 15) is 9.90 Å². The Hall–Kier alpha value is -1.14. The maximum absolute atomic E-state index is 12.0. The molecule has 0 aromatic heterocycles. The van der Waals surface area contributed by atoms with Gasteiger partial charge in [0.15, 0.2) is 0 Å². The highest BCUT2D eigenvalue weighted by atomic mass is 35.5. The molecule has 0 saturated carbocycles. The van der Waals surface area contributed by atoms with Gasteiger partial charge in [0, 0.05) is 24.7 Å². The Kier molecular flexibility index (Phi) is 9.17. The van der Waals surface area contributed by atoms with Crippen molar-refractivity contribution in [1.29, 1.82) is 0 Å². The monoisotopic (exact) mass is 341 g/mol. The van der Waals surface area contributed by atoms with Gasteiger partial charge in [0.25, 0.3) is 5.91 Å². The van der Waals surface area contributed by atoms with Crippen LogP contribution in [0.4, 0.5) is 0 Å². The van der Waals surface area contributed by atoms with Gasteiger partial charge >= 0.3 is 0 Å². The van der Waals surface area contributed by atoms with E-state index in [-0.39, 0.29) is 24.9 Å². The van der Waals surface area contributed by atoms with Crippen LogP contribution in [0.25, 0.3) is 0 Å². The standard InChI is InChI=1S/C17H27N3O2.ClH/c18-12-14-5-7-15(8-6-14)17(22)19-9-1-2-10-20-11-3-4-16(20)13-21;/h5-8,16,21H,1-4,9-13,18H2,(H,19,22);1H. The number of carbonyl (C=O) groups excluding carboxylic acids is 1. The topological polar surface area (TPSA) is 78.6 Å². The number of hydrogen-bond acceptors (Lipinski definition) is 4. The van der Waals surface area contributed by atoms with Gasteiger partial charge in [-0.1, -0.05) is 12.1 Å². The third kappa shape index (κ3) is 6.11. The molecule has 23 heavy (non-hydrogen) atoms. The summed E-state index contributed by atoms with van der Waals surface area (Å²) in [5.41, 5.74) is 7.25. The first-order valence-corrected chi connectivity index (χ1v) is 8.16. The number of amides is 1. The number of unbranched alkanes of at least 4 members (excludes halogenated alkanes) is 1. The molecule has 0 spiro atoms. The van der Waals surface area contributed by atoms with E-state index in [1.54, 1.807) is 0 Å². The van der Waals surface area contributed by atoms with E-state index in [1.165, 1.54) is 6.42 Å². The van der Waals surface area contributed by atoms with Crippen molar-refractivity contribution in [3.05, 3.63) is 35.4 Å². The van der Waals surface area contributed by atoms with Crippen molar-refractivity contribution in [1.82, 2.24) is 10.2 Å². The molecule has 0 bridgehead atoms. The Balaban J connectivity index is 0.00000264. The lowest BCUT2D eigenvalue weighted by atomic mass is 10.1. The fourth-order valence-electron chi connectivity index (χ4n) is 2.93. The van der Waals surface area contributed by atoms with Crippen molar-refractivity contribution in [2.24, 2.45) is 5.73 Å². The molecule has 1 unspecified atom stereocenters. The van der Waals surface area contributed by atoms with Crippen LogP contribution in [-0.2, 0) is 6.54 Å². The number of aliphatic hydroxyl groups is 1. The molecule has 1 aliphatic heterocycles. The molecule has 6 heteroatoms. The van der Waals surface area contributed by atoms with Crippen LogP contribution < -0.4 is 11.1 Å². The molecule has 0 radical (unpaired) electrons. The Morgan fingerprint density at radius 1 is 1.30 bits per heavy atom. The summed E-state index contributed by atoms with van der Waals surface area (Å²) in [6, 6.07) is 7.74. The van der Waals surface area contributed by atoms with Crippen LogP contribution in [0.15, 0.2) is 24.3 Å². The SMILES string of the molecule is Cl.NCc1ccc(C(=O)NCCCCN2CCCC2CO)cc1. The van der Waals surface area contributed by atoms with E-state index in [2.05, 4.69) is 10.2 Å². The highest BCUT2D eigenvalue weighted by Crippen LogP contribution is 2.16. The van der Waals surface area contributed by atoms with Crippen LogP contribution >= 0.6 is 12.4 Å². The lowest BCUT2D eigenvalue weighted by molar-refractivity contribution is 0.0952. The number of likely N-dealkylation sites (tertiary alicyclic amines) is 1. The maximum atomic E-state index is 12.0. The summed E-state index contributed by atoms with van der Waals surface area (Å²) < 4.78 is 0. The summed E-state index contributed by atoms with van der Waals surface area (Å²) >= 11 is 0. The molecule has 1 atom stereocenters. The predicted molar refractivity (Wildman–Crippen MR) is 94.8 cm³/mol. The molecule has 1 amide bonds. The van der Waals surface area contributed by atoms with E-state index in [0.717, 1.165) is 37.9 Å². The van der Waals surface area contributed by atoms with Gasteiger partial charge in [-0.3, -0.25) is 9.69 Å². The Morgan fingerprint density at radius 3 is 2.70 bits per heavy atom. The van der Waals surface area contributed by atoms with Crippen molar-refractivity contribution in [2.75, 3.05) is 26.2 Å². The first-order chi connectivity index (χ1) is 10.7. The number of hydrogen-bond donors (Lipinski definition) is 3. The maximum Gasteiger partial charge on any atom is 0.251 e. The highest BCUT2D eigenvalue weighted by molar-refractivity contribution is 5.94. The second kappa shape index (κ2) is 10.6. The first-order valence-electron chi connectivity index (χ1n) is 8.16. The van der Waals surface area contributed by atoms with Crippen LogP contribution in [0, 0.1) is 0 Å². The van der Waals surface area contributed by atoms with Crippen LogP contribution in [0.3, 0.4) is 0 Å². The molecule has 1 heterocycles. The number of nitrogens with one attached hydrogen (secondary N) is 1. The number of benzene rings is 1. The molecule has 1 aromatic rings. The fraction of sp³-hybridized carbons (Fsp3) is 0.588. The van der Waals surface area contributed by atoms with Gasteiger partial charge in [0.1, 0.15) is 0 Å². The second-order valence-electron chi connectivity index (χ2n) is 5.88. The number of nitrogens with zero attached hydrogens (tertiary/aromatic N) is 1. The minimum absolute atomic E-state index is 0. The number of carbonyl (C=O) groups is 1. The minimum atomic E-state index is -0.0296. The molecule has 130 valence electrons. The summed E-state index contributed by atoms with van der Waals surface area (Å²) in [5.74, 6) is -0.0296. The van der Waals surface area contributed by atoms with Gasteiger partial charge in [-0.2, -0.15) is 0 Å². The summed E-state index contributed by atoms with van der Waals surface area (Å²) in [6.07, 6.45) is 4.29. The quantitative estimate of drug-likeness (QED) is 0.627. The average Bonchev–Trinajstić information content (AvgIpc) is 3.02. The van der Waals surface area contributed by atoms with E-state index >= 15 is 0 Å². The first kappa shape index (κ1) is 19.9. The highest BCUT2D eigenvalue weighted by Gasteiger charge is 2.22. The molecule has 1 saturated heterocycles. The zero-order valence-corrected chi connectivity index (χ0v) is 14.4. The minimum Gasteiger partial charge on any atom is -0.395 e. The lowest BCUT2D eigenvalue weighted by Crippen LogP contribution is -2.33. The predicted octanol–water partition coefficient (Wildman–Crippen LogP) is 1.53. The van der Waals surface area contributed by atoms with E-state index < -0.39 is 0 Å². The Morgan fingerprint density at radius 2 is 2.04 bits per heavy atom. The normalized spacial score (nSPS) is 17.7. The molecule has 5 nitrogen and oxygen atoms in total. The van der Waals surface area contributed by atoms with Crippen molar-refractivity contribution < 1.29 is 9.90 Å². The van der Waals surface area contributed by atoms with E-state index in [0.29, 0.717) is 24.7 Å². The molecule has 0 aliphatic carbocycles. The molecule has 4 N–H and O–H groups in total. The molecule has 1 aromatic carbocycles. The van der Waals surface area contributed by atoms with E-state index in [4.69, 9.17) is 5.73 Å². The largest absolute Gasteiger partial charge is 0.395 e. The summed E-state index contributed by atoms with van der Waals surface area (Å²) in [6.45, 7) is 3.54. The molecule has 1 fully saturated rings. The third-order valence-electron chi connectivity index (χ3n) is 4.32. The van der Waals surface area contributed by atoms with Crippen LogP contribution in [0.1, 0.15) is 41.6 Å². The molecule has 2 rings (SSSR count). The average molecular weight is 342 g/mol. The summed E-state index contributed by atoms with van der Waals surface area (Å²) in [5, 5.41) is 12.2. The van der Waals surface area contributed by atoms with Gasteiger partial charge in [-0.05, 0) is 56.5 Å². The molecular weight excluding hydrogens is 314 g/mol. The van der Waals surface area contributed by atoms with Crippen molar-refractivity contribution in [3.8, 4) is 0 Å². The molecular formula is C17H28ClN3O2. The van der Waals surface area contributed by atoms with Crippen molar-refractivity contribution in [2.45, 2.75) is 38.3 Å². The van der Waals surface area contributed by atoms with Gasteiger partial charge < -0.3 is 16.2 Å². The smallest absolute Gasteiger partial charge is 0.251 e. The summed E-state index contributed by atoms with van der Waals surface area (Å²) in [4.78, 5) is 14.3. The van der Waals surface area contributed by atoms with Crippen LogP contribution in [0.5, 0.6) is 0 Å². The third-order valence-corrected chi connectivity index (χ3v) is 4.32. The lowest BCUT2D eigenvalue weighted by Gasteiger charge is -2.22. The van der Waals surface area contributed by atoms with Gasteiger partial charge in [-0.25, -0.2) is 0 Å². The second-order valence-corrected chi connectivity index (χ2v) is 5.88. The van der Waals surface area contributed by atoms with Crippen LogP contribution in [-0.4, -0.2) is 48.2 Å². The van der Waals surface area contributed by atoms with Gasteiger partial charge in [0.05, 0.1) is 6.61 Å². The summed E-state index contributed by atoms with van der Waals surface area (Å²) in [7, 11) is 0. The number of aliphatic hydroxyl groups excluding tert-OH is 1. The van der Waals surface area contributed by atoms with Crippen molar-refractivity contribution >= 4 is 18.3 Å². The van der Waals surface area contributed by atoms with E-state index in [1.807, 2.05) is 24.3 Å². The Bertz CT molecular complexity index is 467. The van der Waals surface area contributed by atoms with Gasteiger partial charge in [-0.15, -0.1) is 12.4 Å².